The van der Waals surface area contributed by atoms with Crippen LogP contribution in [-0.2, 0) is 0 Å². The van der Waals surface area contributed by atoms with Crippen LogP contribution >= 0.6 is 23.5 Å². The molecule has 10 heavy (non-hydrogen) atoms. The number of hydrogen-bond acceptors (Lipinski definition) is 3. The minimum Gasteiger partial charge on any atom is -0.390 e. The highest BCUT2D eigenvalue weighted by atomic mass is 32.2. The quantitative estimate of drug-likeness (QED) is 0.683. The zero-order valence-corrected chi connectivity index (χ0v) is 6.94. The maximum atomic E-state index is 9.54. The molecule has 0 aromatic heterocycles. The van der Waals surface area contributed by atoms with Crippen molar-refractivity contribution in [3.63, 3.8) is 0 Å². The first-order valence-electron chi connectivity index (χ1n) is 3.20. The van der Waals surface area contributed by atoms with Crippen LogP contribution in [0.25, 0.3) is 0 Å². The summed E-state index contributed by atoms with van der Waals surface area (Å²) in [7, 11) is 0. The summed E-state index contributed by atoms with van der Waals surface area (Å²) in [5.74, 6) is 0. The summed E-state index contributed by atoms with van der Waals surface area (Å²) in [4.78, 5) is 0. The molecule has 0 spiro atoms. The molecule has 2 heterocycles. The summed E-state index contributed by atoms with van der Waals surface area (Å²) >= 11 is 3.43. The van der Waals surface area contributed by atoms with E-state index in [0.29, 0.717) is 10.5 Å². The number of rotatable bonds is 2. The fraction of sp³-hybridized carbons (Fsp3) is 0.429. The standard InChI is InChI=1S/C7H8OS2/c8-7(5-1-3-9-5)6-2-4-10-6/h1-8H. The first kappa shape index (κ1) is 6.83. The van der Waals surface area contributed by atoms with E-state index in [4.69, 9.17) is 0 Å². The van der Waals surface area contributed by atoms with Crippen LogP contribution in [-0.4, -0.2) is 21.7 Å². The summed E-state index contributed by atoms with van der Waals surface area (Å²) in [5.41, 5.74) is 0. The molecule has 0 aromatic carbocycles. The Hall–Kier alpha value is 0.140. The Morgan fingerprint density at radius 2 is 1.50 bits per heavy atom. The fourth-order valence-electron chi connectivity index (χ4n) is 0.914. The molecule has 3 heteroatoms. The molecule has 0 aromatic rings. The molecular formula is C7H8OS2. The number of thioether (sulfide) groups is 2. The van der Waals surface area contributed by atoms with Gasteiger partial charge in [-0.1, -0.05) is 12.2 Å². The second-order valence-electron chi connectivity index (χ2n) is 2.35. The van der Waals surface area contributed by atoms with Crippen LogP contribution in [0.15, 0.2) is 23.0 Å². The van der Waals surface area contributed by atoms with E-state index in [0.717, 1.165) is 0 Å². The number of hydrogen-bond donors (Lipinski definition) is 1. The predicted octanol–water partition coefficient (Wildman–Crippen LogP) is 1.61. The molecule has 2 aliphatic heterocycles. The van der Waals surface area contributed by atoms with Gasteiger partial charge in [0.2, 0.25) is 0 Å². The average Bonchev–Trinajstić information content (AvgIpc) is 1.52. The van der Waals surface area contributed by atoms with Gasteiger partial charge in [0.1, 0.15) is 0 Å². The molecular weight excluding hydrogens is 164 g/mol. The zero-order chi connectivity index (χ0) is 6.97. The maximum Gasteiger partial charge on any atom is 0.0854 e. The molecule has 0 amide bonds. The first-order chi connectivity index (χ1) is 4.88. The fourth-order valence-corrected chi connectivity index (χ4v) is 2.35. The van der Waals surface area contributed by atoms with Crippen LogP contribution < -0.4 is 0 Å². The average molecular weight is 172 g/mol. The summed E-state index contributed by atoms with van der Waals surface area (Å²) in [6, 6.07) is 0. The maximum absolute atomic E-state index is 9.54. The number of aliphatic hydroxyl groups is 1. The Labute approximate surface area is 68.6 Å². The lowest BCUT2D eigenvalue weighted by Gasteiger charge is -2.30. The zero-order valence-electron chi connectivity index (χ0n) is 5.31. The highest BCUT2D eigenvalue weighted by molar-refractivity contribution is 8.05. The lowest BCUT2D eigenvalue weighted by Crippen LogP contribution is -2.34. The molecule has 0 fully saturated rings. The largest absolute Gasteiger partial charge is 0.390 e. The second kappa shape index (κ2) is 2.64. The highest BCUT2D eigenvalue weighted by Gasteiger charge is 2.29. The van der Waals surface area contributed by atoms with Gasteiger partial charge in [-0.3, -0.25) is 0 Å². The molecule has 54 valence electrons. The summed E-state index contributed by atoms with van der Waals surface area (Å²) < 4.78 is 0. The van der Waals surface area contributed by atoms with Gasteiger partial charge in [-0.25, -0.2) is 0 Å². The third-order valence-corrected chi connectivity index (χ3v) is 3.81. The van der Waals surface area contributed by atoms with Gasteiger partial charge in [-0.05, 0) is 10.8 Å². The van der Waals surface area contributed by atoms with Crippen molar-refractivity contribution in [2.45, 2.75) is 16.6 Å². The third kappa shape index (κ3) is 1.02. The van der Waals surface area contributed by atoms with Gasteiger partial charge < -0.3 is 5.11 Å². The van der Waals surface area contributed by atoms with E-state index in [1.807, 2.05) is 10.8 Å². The second-order valence-corrected chi connectivity index (χ2v) is 4.53. The number of aliphatic hydroxyl groups excluding tert-OH is 1. The van der Waals surface area contributed by atoms with Crippen molar-refractivity contribution in [3.05, 3.63) is 23.0 Å². The van der Waals surface area contributed by atoms with Crippen LogP contribution in [0.2, 0.25) is 0 Å². The molecule has 1 N–H and O–H groups in total. The Morgan fingerprint density at radius 3 is 1.70 bits per heavy atom. The minimum atomic E-state index is -0.176. The molecule has 0 radical (unpaired) electrons. The van der Waals surface area contributed by atoms with Gasteiger partial charge in [0.25, 0.3) is 0 Å². The smallest absolute Gasteiger partial charge is 0.0854 e. The minimum absolute atomic E-state index is 0.176. The molecule has 2 aliphatic rings. The van der Waals surface area contributed by atoms with E-state index in [9.17, 15) is 5.11 Å². The van der Waals surface area contributed by atoms with Crippen LogP contribution in [0.5, 0.6) is 0 Å². The van der Waals surface area contributed by atoms with Gasteiger partial charge in [-0.15, -0.1) is 23.5 Å². The molecule has 2 rings (SSSR count). The highest BCUT2D eigenvalue weighted by Crippen LogP contribution is 2.36. The Balaban J connectivity index is 1.91. The predicted molar refractivity (Wildman–Crippen MR) is 47.0 cm³/mol. The first-order valence-corrected chi connectivity index (χ1v) is 5.09. The summed E-state index contributed by atoms with van der Waals surface area (Å²) in [6.07, 6.45) is 3.94. The normalized spacial score (nSPS) is 38.5. The monoisotopic (exact) mass is 172 g/mol. The molecule has 0 saturated carbocycles. The van der Waals surface area contributed by atoms with Crippen LogP contribution in [0.1, 0.15) is 0 Å². The van der Waals surface area contributed by atoms with E-state index < -0.39 is 0 Å². The van der Waals surface area contributed by atoms with Crippen LogP contribution in [0.4, 0.5) is 0 Å². The van der Waals surface area contributed by atoms with Gasteiger partial charge in [0, 0.05) is 0 Å². The Bertz CT molecular complexity index is 168. The van der Waals surface area contributed by atoms with Crippen molar-refractivity contribution in [2.24, 2.45) is 0 Å². The molecule has 2 atom stereocenters. The molecule has 2 unspecified atom stereocenters. The summed E-state index contributed by atoms with van der Waals surface area (Å²) in [6.45, 7) is 0. The van der Waals surface area contributed by atoms with Gasteiger partial charge in [0.05, 0.1) is 16.6 Å². The van der Waals surface area contributed by atoms with Crippen molar-refractivity contribution in [2.75, 3.05) is 0 Å². The lowest BCUT2D eigenvalue weighted by molar-refractivity contribution is 0.189. The van der Waals surface area contributed by atoms with Gasteiger partial charge in [-0.2, -0.15) is 0 Å². The van der Waals surface area contributed by atoms with Crippen LogP contribution in [0, 0.1) is 0 Å². The topological polar surface area (TPSA) is 20.2 Å². The lowest BCUT2D eigenvalue weighted by atomic mass is 10.1. The van der Waals surface area contributed by atoms with E-state index >= 15 is 0 Å². The molecule has 0 saturated heterocycles. The van der Waals surface area contributed by atoms with E-state index in [1.165, 1.54) is 0 Å². The molecule has 1 nitrogen and oxygen atoms in total. The van der Waals surface area contributed by atoms with E-state index in [2.05, 4.69) is 12.2 Å². The van der Waals surface area contributed by atoms with Crippen molar-refractivity contribution in [3.8, 4) is 0 Å². The Kier molecular flexibility index (Phi) is 1.80. The van der Waals surface area contributed by atoms with Crippen LogP contribution in [0.3, 0.4) is 0 Å². The van der Waals surface area contributed by atoms with Gasteiger partial charge in [0.15, 0.2) is 0 Å². The molecule has 0 aliphatic carbocycles. The van der Waals surface area contributed by atoms with E-state index in [1.54, 1.807) is 23.5 Å². The summed E-state index contributed by atoms with van der Waals surface area (Å²) in [5, 5.41) is 14.3. The van der Waals surface area contributed by atoms with Crippen molar-refractivity contribution in [1.29, 1.82) is 0 Å². The third-order valence-electron chi connectivity index (χ3n) is 1.68. The molecule has 0 bridgehead atoms. The van der Waals surface area contributed by atoms with Crippen molar-refractivity contribution >= 4 is 23.5 Å². The van der Waals surface area contributed by atoms with E-state index in [-0.39, 0.29) is 6.10 Å². The van der Waals surface area contributed by atoms with Gasteiger partial charge >= 0.3 is 0 Å². The Morgan fingerprint density at radius 1 is 1.10 bits per heavy atom. The SMILES string of the molecule is OC(C1C=CS1)C1C=CS1. The van der Waals surface area contributed by atoms with Crippen molar-refractivity contribution in [1.82, 2.24) is 0 Å². The van der Waals surface area contributed by atoms with Crippen molar-refractivity contribution < 1.29 is 5.11 Å².